The van der Waals surface area contributed by atoms with E-state index >= 15 is 0 Å². The second-order valence-corrected chi connectivity index (χ2v) is 5.77. The summed E-state index contributed by atoms with van der Waals surface area (Å²) in [6, 6.07) is 3.68. The van der Waals surface area contributed by atoms with Crippen LogP contribution in [0.25, 0.3) is 0 Å². The number of furan rings is 1. The highest BCUT2D eigenvalue weighted by molar-refractivity contribution is 5.77. The van der Waals surface area contributed by atoms with Gasteiger partial charge in [0.2, 0.25) is 5.91 Å². The van der Waals surface area contributed by atoms with Gasteiger partial charge in [-0.25, -0.2) is 4.98 Å². The number of aromatic nitrogens is 2. The van der Waals surface area contributed by atoms with Gasteiger partial charge in [0.05, 0.1) is 25.7 Å². The van der Waals surface area contributed by atoms with E-state index in [1.807, 2.05) is 24.7 Å². The predicted octanol–water partition coefficient (Wildman–Crippen LogP) is 0.410. The molecule has 3 rings (SSSR count). The normalized spacial score (nSPS) is 16.5. The summed E-state index contributed by atoms with van der Waals surface area (Å²) in [4.78, 5) is 20.6. The molecule has 124 valence electrons. The number of amides is 1. The van der Waals surface area contributed by atoms with Gasteiger partial charge in [0.1, 0.15) is 5.76 Å². The molecular weight excluding hydrogens is 294 g/mol. The average Bonchev–Trinajstić information content (AvgIpc) is 3.26. The number of carbonyl (C=O) groups excluding carboxylic acids is 1. The van der Waals surface area contributed by atoms with Crippen molar-refractivity contribution in [1.82, 2.24) is 24.7 Å². The molecule has 0 atom stereocenters. The zero-order chi connectivity index (χ0) is 15.9. The molecule has 1 saturated heterocycles. The van der Waals surface area contributed by atoms with Crippen molar-refractivity contribution in [1.29, 1.82) is 0 Å². The molecule has 0 saturated carbocycles. The minimum absolute atomic E-state index is 0.0493. The van der Waals surface area contributed by atoms with Crippen molar-refractivity contribution in [2.75, 3.05) is 39.3 Å². The average molecular weight is 317 g/mol. The Hall–Kier alpha value is -2.12. The van der Waals surface area contributed by atoms with E-state index in [1.54, 1.807) is 12.5 Å². The molecule has 2 aromatic rings. The topological polar surface area (TPSA) is 66.5 Å². The zero-order valence-electron chi connectivity index (χ0n) is 13.2. The molecule has 7 nitrogen and oxygen atoms in total. The fourth-order valence-corrected chi connectivity index (χ4v) is 2.70. The third kappa shape index (κ3) is 4.94. The number of nitrogens with one attached hydrogen (secondary N) is 1. The van der Waals surface area contributed by atoms with Crippen molar-refractivity contribution < 1.29 is 9.21 Å². The lowest BCUT2D eigenvalue weighted by molar-refractivity contribution is -0.122. The highest BCUT2D eigenvalue weighted by atomic mass is 16.3. The molecule has 0 unspecified atom stereocenters. The first-order valence-electron chi connectivity index (χ1n) is 7.99. The third-order valence-corrected chi connectivity index (χ3v) is 4.11. The van der Waals surface area contributed by atoms with Gasteiger partial charge in [-0.15, -0.1) is 0 Å². The summed E-state index contributed by atoms with van der Waals surface area (Å²) in [6.07, 6.45) is 7.25. The van der Waals surface area contributed by atoms with Crippen LogP contribution in [0, 0.1) is 0 Å². The van der Waals surface area contributed by atoms with E-state index in [2.05, 4.69) is 24.7 Å². The van der Waals surface area contributed by atoms with Crippen LogP contribution in [0.3, 0.4) is 0 Å². The van der Waals surface area contributed by atoms with Crippen molar-refractivity contribution in [3.05, 3.63) is 42.9 Å². The largest absolute Gasteiger partial charge is 0.467 e. The van der Waals surface area contributed by atoms with Gasteiger partial charge in [-0.2, -0.15) is 0 Å². The number of hydrogen-bond acceptors (Lipinski definition) is 5. The van der Waals surface area contributed by atoms with Crippen LogP contribution >= 0.6 is 0 Å². The van der Waals surface area contributed by atoms with E-state index in [4.69, 9.17) is 4.42 Å². The molecule has 0 aliphatic carbocycles. The van der Waals surface area contributed by atoms with Gasteiger partial charge in [-0.3, -0.25) is 14.6 Å². The highest BCUT2D eigenvalue weighted by Gasteiger charge is 2.18. The van der Waals surface area contributed by atoms with Gasteiger partial charge in [0.15, 0.2) is 0 Å². The van der Waals surface area contributed by atoms with Gasteiger partial charge in [0, 0.05) is 51.7 Å². The Morgan fingerprint density at radius 2 is 2.04 bits per heavy atom. The number of rotatable bonds is 7. The molecule has 1 amide bonds. The first-order valence-corrected chi connectivity index (χ1v) is 7.99. The van der Waals surface area contributed by atoms with E-state index in [-0.39, 0.29) is 5.91 Å². The third-order valence-electron chi connectivity index (χ3n) is 4.11. The van der Waals surface area contributed by atoms with Crippen LogP contribution in [-0.4, -0.2) is 64.5 Å². The van der Waals surface area contributed by atoms with Crippen LogP contribution in [-0.2, 0) is 17.9 Å². The van der Waals surface area contributed by atoms with E-state index in [0.717, 1.165) is 45.0 Å². The minimum atomic E-state index is 0.0493. The Balaban J connectivity index is 1.31. The number of piperazine rings is 1. The molecule has 0 aromatic carbocycles. The second-order valence-electron chi connectivity index (χ2n) is 5.77. The molecule has 2 aromatic heterocycles. The molecular formula is C16H23N5O2. The molecule has 1 aliphatic heterocycles. The standard InChI is InChI=1S/C16H23N5O2/c22-16(18-12-15-2-1-11-23-15)13-20-8-5-19(6-9-20)7-10-21-4-3-17-14-21/h1-4,11,14H,5-10,12-13H2,(H,18,22). The Morgan fingerprint density at radius 3 is 2.74 bits per heavy atom. The van der Waals surface area contributed by atoms with Gasteiger partial charge < -0.3 is 14.3 Å². The van der Waals surface area contributed by atoms with Crippen molar-refractivity contribution in [2.24, 2.45) is 0 Å². The maximum Gasteiger partial charge on any atom is 0.234 e. The SMILES string of the molecule is O=C(CN1CCN(CCn2ccnc2)CC1)NCc1ccco1. The maximum absolute atomic E-state index is 12.0. The molecule has 3 heterocycles. The molecule has 1 aliphatic rings. The van der Waals surface area contributed by atoms with Crippen molar-refractivity contribution in [3.63, 3.8) is 0 Å². The Morgan fingerprint density at radius 1 is 1.22 bits per heavy atom. The first kappa shape index (κ1) is 15.8. The van der Waals surface area contributed by atoms with E-state index in [1.165, 1.54) is 0 Å². The number of carbonyl (C=O) groups is 1. The molecule has 0 bridgehead atoms. The van der Waals surface area contributed by atoms with Crippen molar-refractivity contribution in [2.45, 2.75) is 13.1 Å². The summed E-state index contributed by atoms with van der Waals surface area (Å²) < 4.78 is 7.30. The van der Waals surface area contributed by atoms with E-state index in [0.29, 0.717) is 13.1 Å². The molecule has 0 spiro atoms. The Bertz CT molecular complexity index is 574. The zero-order valence-corrected chi connectivity index (χ0v) is 13.2. The van der Waals surface area contributed by atoms with Crippen molar-refractivity contribution in [3.8, 4) is 0 Å². The van der Waals surface area contributed by atoms with Crippen molar-refractivity contribution >= 4 is 5.91 Å². The van der Waals surface area contributed by atoms with E-state index < -0.39 is 0 Å². The summed E-state index contributed by atoms with van der Waals surface area (Å²) >= 11 is 0. The summed E-state index contributed by atoms with van der Waals surface area (Å²) in [5.41, 5.74) is 0. The quantitative estimate of drug-likeness (QED) is 0.801. The Labute approximate surface area is 135 Å². The summed E-state index contributed by atoms with van der Waals surface area (Å²) in [5, 5.41) is 2.89. The van der Waals surface area contributed by atoms with Gasteiger partial charge in [-0.1, -0.05) is 0 Å². The lowest BCUT2D eigenvalue weighted by atomic mass is 10.3. The lowest BCUT2D eigenvalue weighted by Gasteiger charge is -2.34. The fourth-order valence-electron chi connectivity index (χ4n) is 2.70. The fraction of sp³-hybridized carbons (Fsp3) is 0.500. The molecule has 23 heavy (non-hydrogen) atoms. The second kappa shape index (κ2) is 7.94. The van der Waals surface area contributed by atoms with E-state index in [9.17, 15) is 4.79 Å². The number of hydrogen-bond donors (Lipinski definition) is 1. The number of nitrogens with zero attached hydrogens (tertiary/aromatic N) is 4. The van der Waals surface area contributed by atoms with Crippen LogP contribution in [0.2, 0.25) is 0 Å². The van der Waals surface area contributed by atoms with Crippen LogP contribution in [0.1, 0.15) is 5.76 Å². The maximum atomic E-state index is 12.0. The van der Waals surface area contributed by atoms with Gasteiger partial charge in [0.25, 0.3) is 0 Å². The summed E-state index contributed by atoms with van der Waals surface area (Å²) in [5.74, 6) is 0.830. The van der Waals surface area contributed by atoms with Gasteiger partial charge >= 0.3 is 0 Å². The smallest absolute Gasteiger partial charge is 0.234 e. The van der Waals surface area contributed by atoms with Crippen LogP contribution < -0.4 is 5.32 Å². The van der Waals surface area contributed by atoms with Crippen LogP contribution in [0.15, 0.2) is 41.5 Å². The first-order chi connectivity index (χ1) is 11.3. The lowest BCUT2D eigenvalue weighted by Crippen LogP contribution is -2.49. The minimum Gasteiger partial charge on any atom is -0.467 e. The van der Waals surface area contributed by atoms with Crippen LogP contribution in [0.4, 0.5) is 0 Å². The predicted molar refractivity (Wildman–Crippen MR) is 85.7 cm³/mol. The van der Waals surface area contributed by atoms with Gasteiger partial charge in [-0.05, 0) is 12.1 Å². The molecule has 7 heteroatoms. The summed E-state index contributed by atoms with van der Waals surface area (Å²) in [6.45, 7) is 6.75. The monoisotopic (exact) mass is 317 g/mol. The Kier molecular flexibility index (Phi) is 5.44. The molecule has 1 fully saturated rings. The molecule has 1 N–H and O–H groups in total. The summed E-state index contributed by atoms with van der Waals surface area (Å²) in [7, 11) is 0. The van der Waals surface area contributed by atoms with Crippen LogP contribution in [0.5, 0.6) is 0 Å². The molecule has 0 radical (unpaired) electrons. The number of imidazole rings is 1. The highest BCUT2D eigenvalue weighted by Crippen LogP contribution is 2.03.